The summed E-state index contributed by atoms with van der Waals surface area (Å²) in [5.41, 5.74) is 0. The van der Waals surface area contributed by atoms with E-state index in [1.165, 1.54) is 0 Å². The van der Waals surface area contributed by atoms with Crippen LogP contribution in [0.1, 0.15) is 12.8 Å². The molecule has 2 nitrogen and oxygen atoms in total. The topological polar surface area (TPSA) is 34.1 Å². The van der Waals surface area contributed by atoms with Gasteiger partial charge in [0.15, 0.2) is 0 Å². The molecule has 0 saturated carbocycles. The fourth-order valence-corrected chi connectivity index (χ4v) is 1.58. The highest BCUT2D eigenvalue weighted by Gasteiger charge is 2.25. The largest absolute Gasteiger partial charge is 0.281 e. The van der Waals surface area contributed by atoms with E-state index in [0.717, 1.165) is 0 Å². The van der Waals surface area contributed by atoms with Gasteiger partial charge >= 0.3 is 0 Å². The van der Waals surface area contributed by atoms with Crippen molar-refractivity contribution >= 4 is 33.7 Å². The maximum Gasteiger partial charge on any atom is 0.228 e. The smallest absolute Gasteiger partial charge is 0.228 e. The van der Waals surface area contributed by atoms with Crippen molar-refractivity contribution in [2.45, 2.75) is 12.8 Å². The first-order valence-electron chi connectivity index (χ1n) is 3.66. The lowest BCUT2D eigenvalue weighted by Crippen LogP contribution is -2.19. The SMILES string of the molecule is O=C(Cl)C1C=CCC(C(=O)Cl)C1. The Balaban J connectivity index is 2.63. The number of carbonyl (C=O) groups is 2. The van der Waals surface area contributed by atoms with Gasteiger partial charge in [-0.05, 0) is 36.0 Å². The van der Waals surface area contributed by atoms with Gasteiger partial charge in [0.25, 0.3) is 0 Å². The molecule has 2 atom stereocenters. The van der Waals surface area contributed by atoms with Crippen molar-refractivity contribution in [2.75, 3.05) is 0 Å². The summed E-state index contributed by atoms with van der Waals surface area (Å²) in [5, 5.41) is -0.809. The maximum absolute atomic E-state index is 10.7. The summed E-state index contributed by atoms with van der Waals surface area (Å²) in [6.45, 7) is 0. The average Bonchev–Trinajstić information content (AvgIpc) is 2.04. The van der Waals surface area contributed by atoms with Crippen molar-refractivity contribution in [3.05, 3.63) is 12.2 Å². The Labute approximate surface area is 80.5 Å². The van der Waals surface area contributed by atoms with E-state index < -0.39 is 5.24 Å². The third-order valence-corrected chi connectivity index (χ3v) is 2.53. The number of halogens is 2. The first-order valence-corrected chi connectivity index (χ1v) is 4.42. The summed E-state index contributed by atoms with van der Waals surface area (Å²) in [6, 6.07) is 0. The van der Waals surface area contributed by atoms with E-state index in [2.05, 4.69) is 0 Å². The second-order valence-corrected chi connectivity index (χ2v) is 3.56. The lowest BCUT2D eigenvalue weighted by molar-refractivity contribution is -0.117. The molecule has 1 rings (SSSR count). The van der Waals surface area contributed by atoms with Crippen LogP contribution < -0.4 is 0 Å². The zero-order chi connectivity index (χ0) is 9.14. The van der Waals surface area contributed by atoms with Gasteiger partial charge in [0.05, 0.1) is 5.92 Å². The van der Waals surface area contributed by atoms with Crippen LogP contribution in [0.2, 0.25) is 0 Å². The Morgan fingerprint density at radius 1 is 1.25 bits per heavy atom. The van der Waals surface area contributed by atoms with Crippen molar-refractivity contribution in [1.29, 1.82) is 0 Å². The Morgan fingerprint density at radius 3 is 2.42 bits per heavy atom. The van der Waals surface area contributed by atoms with Gasteiger partial charge in [-0.25, -0.2) is 0 Å². The van der Waals surface area contributed by atoms with Gasteiger partial charge in [-0.1, -0.05) is 12.2 Å². The van der Waals surface area contributed by atoms with E-state index in [4.69, 9.17) is 23.2 Å². The lowest BCUT2D eigenvalue weighted by Gasteiger charge is -2.18. The van der Waals surface area contributed by atoms with Crippen molar-refractivity contribution in [1.82, 2.24) is 0 Å². The van der Waals surface area contributed by atoms with Gasteiger partial charge in [-0.2, -0.15) is 0 Å². The minimum absolute atomic E-state index is 0.246. The van der Waals surface area contributed by atoms with Crippen LogP contribution in [-0.2, 0) is 9.59 Å². The molecule has 0 bridgehead atoms. The second kappa shape index (κ2) is 4.06. The van der Waals surface area contributed by atoms with Crippen molar-refractivity contribution < 1.29 is 9.59 Å². The Hall–Kier alpha value is -0.340. The molecule has 0 aliphatic heterocycles. The van der Waals surface area contributed by atoms with Crippen molar-refractivity contribution in [2.24, 2.45) is 11.8 Å². The molecule has 0 fully saturated rings. The molecular formula is C8H8Cl2O2. The van der Waals surface area contributed by atoms with Gasteiger partial charge in [-0.3, -0.25) is 9.59 Å². The molecule has 0 spiro atoms. The molecule has 0 radical (unpaired) electrons. The number of carbonyl (C=O) groups excluding carboxylic acids is 2. The molecule has 0 aromatic carbocycles. The summed E-state index contributed by atoms with van der Waals surface area (Å²) < 4.78 is 0. The summed E-state index contributed by atoms with van der Waals surface area (Å²) in [4.78, 5) is 21.5. The third kappa shape index (κ3) is 2.32. The summed E-state index contributed by atoms with van der Waals surface area (Å²) in [7, 11) is 0. The van der Waals surface area contributed by atoms with Crippen LogP contribution in [0.5, 0.6) is 0 Å². The highest BCUT2D eigenvalue weighted by atomic mass is 35.5. The number of hydrogen-bond donors (Lipinski definition) is 0. The maximum atomic E-state index is 10.7. The molecule has 1 aliphatic rings. The van der Waals surface area contributed by atoms with E-state index >= 15 is 0 Å². The summed E-state index contributed by atoms with van der Waals surface area (Å²) in [6.07, 6.45) is 4.56. The minimum atomic E-state index is -0.422. The first-order chi connectivity index (χ1) is 5.61. The van der Waals surface area contributed by atoms with Gasteiger partial charge in [0, 0.05) is 5.92 Å². The molecule has 0 heterocycles. The van der Waals surface area contributed by atoms with Crippen LogP contribution in [0.15, 0.2) is 12.2 Å². The normalized spacial score (nSPS) is 28.5. The van der Waals surface area contributed by atoms with Gasteiger partial charge in [0.1, 0.15) is 0 Å². The molecule has 0 aromatic heterocycles. The van der Waals surface area contributed by atoms with Crippen molar-refractivity contribution in [3.63, 3.8) is 0 Å². The quantitative estimate of drug-likeness (QED) is 0.513. The predicted molar refractivity (Wildman–Crippen MR) is 47.1 cm³/mol. The summed E-state index contributed by atoms with van der Waals surface area (Å²) in [5.74, 6) is -0.586. The third-order valence-electron chi connectivity index (χ3n) is 1.94. The van der Waals surface area contributed by atoms with E-state index in [1.54, 1.807) is 12.2 Å². The second-order valence-electron chi connectivity index (χ2n) is 2.81. The molecule has 2 unspecified atom stereocenters. The molecule has 0 N–H and O–H groups in total. The molecule has 0 aromatic rings. The Kier molecular flexibility index (Phi) is 3.29. The summed E-state index contributed by atoms with van der Waals surface area (Å²) >= 11 is 10.6. The standard InChI is InChI=1S/C8H8Cl2O2/c9-7(11)5-2-1-3-6(4-5)8(10)12/h1-2,5-6H,3-4H2. The number of hydrogen-bond acceptors (Lipinski definition) is 2. The fourth-order valence-electron chi connectivity index (χ4n) is 1.24. The van der Waals surface area contributed by atoms with Gasteiger partial charge in [0.2, 0.25) is 10.5 Å². The van der Waals surface area contributed by atoms with E-state index in [9.17, 15) is 9.59 Å². The molecule has 4 heteroatoms. The van der Waals surface area contributed by atoms with Crippen molar-refractivity contribution in [3.8, 4) is 0 Å². The first kappa shape index (κ1) is 9.75. The molecule has 12 heavy (non-hydrogen) atoms. The van der Waals surface area contributed by atoms with Crippen LogP contribution in [-0.4, -0.2) is 10.5 Å². The van der Waals surface area contributed by atoms with Crippen LogP contribution >= 0.6 is 23.2 Å². The predicted octanol–water partition coefficient (Wildman–Crippen LogP) is 2.10. The van der Waals surface area contributed by atoms with Crippen LogP contribution in [0.25, 0.3) is 0 Å². The van der Waals surface area contributed by atoms with E-state index in [1.807, 2.05) is 0 Å². The van der Waals surface area contributed by atoms with Crippen LogP contribution in [0, 0.1) is 11.8 Å². The van der Waals surface area contributed by atoms with E-state index in [0.29, 0.717) is 12.8 Å². The van der Waals surface area contributed by atoms with Gasteiger partial charge in [-0.15, -0.1) is 0 Å². The molecule has 1 aliphatic carbocycles. The number of allylic oxidation sites excluding steroid dienone is 2. The molecule has 0 amide bonds. The highest BCUT2D eigenvalue weighted by molar-refractivity contribution is 6.65. The lowest BCUT2D eigenvalue weighted by atomic mass is 9.88. The molecular weight excluding hydrogens is 199 g/mol. The monoisotopic (exact) mass is 206 g/mol. The highest BCUT2D eigenvalue weighted by Crippen LogP contribution is 2.26. The molecule has 66 valence electrons. The average molecular weight is 207 g/mol. The van der Waals surface area contributed by atoms with Gasteiger partial charge < -0.3 is 0 Å². The zero-order valence-electron chi connectivity index (χ0n) is 6.30. The minimum Gasteiger partial charge on any atom is -0.281 e. The number of rotatable bonds is 2. The zero-order valence-corrected chi connectivity index (χ0v) is 7.81. The Bertz CT molecular complexity index is 235. The van der Waals surface area contributed by atoms with E-state index in [-0.39, 0.29) is 17.1 Å². The van der Waals surface area contributed by atoms with Crippen LogP contribution in [0.3, 0.4) is 0 Å². The van der Waals surface area contributed by atoms with Crippen LogP contribution in [0.4, 0.5) is 0 Å². The molecule has 0 saturated heterocycles. The fraction of sp³-hybridized carbons (Fsp3) is 0.500. The Morgan fingerprint density at radius 2 is 1.92 bits per heavy atom.